The SMILES string of the molecule is CCCCCCCCC(=O)n1nc(OC(C)C)nc1-c1cccc(OC)c1. The number of benzene rings is 1. The highest BCUT2D eigenvalue weighted by molar-refractivity contribution is 5.82. The van der Waals surface area contributed by atoms with Crippen LogP contribution in [0.25, 0.3) is 11.4 Å². The van der Waals surface area contributed by atoms with Crippen molar-refractivity contribution in [3.05, 3.63) is 24.3 Å². The zero-order chi connectivity index (χ0) is 19.6. The van der Waals surface area contributed by atoms with Crippen LogP contribution in [0.15, 0.2) is 24.3 Å². The van der Waals surface area contributed by atoms with Crippen LogP contribution in [0.3, 0.4) is 0 Å². The van der Waals surface area contributed by atoms with E-state index in [0.29, 0.717) is 18.0 Å². The second-order valence-corrected chi connectivity index (χ2v) is 6.94. The molecule has 0 aliphatic carbocycles. The van der Waals surface area contributed by atoms with Crippen molar-refractivity contribution in [2.24, 2.45) is 0 Å². The van der Waals surface area contributed by atoms with Crippen LogP contribution < -0.4 is 9.47 Å². The van der Waals surface area contributed by atoms with E-state index in [-0.39, 0.29) is 18.0 Å². The number of methoxy groups -OCH3 is 1. The van der Waals surface area contributed by atoms with Crippen LogP contribution in [-0.2, 0) is 0 Å². The molecule has 2 aromatic rings. The molecule has 0 aliphatic heterocycles. The largest absolute Gasteiger partial charge is 0.497 e. The van der Waals surface area contributed by atoms with Crippen LogP contribution in [0.1, 0.15) is 70.5 Å². The van der Waals surface area contributed by atoms with Gasteiger partial charge in [0.1, 0.15) is 5.75 Å². The number of unbranched alkanes of at least 4 members (excludes halogenated alkanes) is 5. The third kappa shape index (κ3) is 6.38. The van der Waals surface area contributed by atoms with E-state index in [4.69, 9.17) is 9.47 Å². The van der Waals surface area contributed by atoms with Gasteiger partial charge in [-0.05, 0) is 32.4 Å². The Morgan fingerprint density at radius 2 is 1.89 bits per heavy atom. The Kier molecular flexibility index (Phi) is 8.30. The smallest absolute Gasteiger partial charge is 0.336 e. The first-order valence-corrected chi connectivity index (χ1v) is 9.86. The second-order valence-electron chi connectivity index (χ2n) is 6.94. The van der Waals surface area contributed by atoms with Crippen molar-refractivity contribution in [3.8, 4) is 23.1 Å². The van der Waals surface area contributed by atoms with Gasteiger partial charge in [0, 0.05) is 12.0 Å². The molecule has 0 fully saturated rings. The summed E-state index contributed by atoms with van der Waals surface area (Å²) in [6, 6.07) is 7.68. The molecule has 0 saturated heterocycles. The summed E-state index contributed by atoms with van der Waals surface area (Å²) >= 11 is 0. The van der Waals surface area contributed by atoms with Crippen molar-refractivity contribution in [2.75, 3.05) is 7.11 Å². The molecule has 148 valence electrons. The van der Waals surface area contributed by atoms with Crippen LogP contribution >= 0.6 is 0 Å². The van der Waals surface area contributed by atoms with Gasteiger partial charge < -0.3 is 9.47 Å². The molecular weight excluding hydrogens is 342 g/mol. The molecule has 0 amide bonds. The topological polar surface area (TPSA) is 66.2 Å². The average molecular weight is 373 g/mol. The fourth-order valence-corrected chi connectivity index (χ4v) is 2.84. The third-order valence-electron chi connectivity index (χ3n) is 4.24. The summed E-state index contributed by atoms with van der Waals surface area (Å²) in [5.41, 5.74) is 0.775. The van der Waals surface area contributed by atoms with E-state index in [0.717, 1.165) is 18.4 Å². The Bertz CT molecular complexity index is 725. The highest BCUT2D eigenvalue weighted by Crippen LogP contribution is 2.25. The maximum absolute atomic E-state index is 12.8. The summed E-state index contributed by atoms with van der Waals surface area (Å²) < 4.78 is 12.3. The molecule has 0 aliphatic rings. The molecule has 0 saturated carbocycles. The summed E-state index contributed by atoms with van der Waals surface area (Å²) in [6.45, 7) is 6.01. The number of carbonyl (C=O) groups excluding carboxylic acids is 1. The Hall–Kier alpha value is -2.37. The molecule has 27 heavy (non-hydrogen) atoms. The van der Waals surface area contributed by atoms with E-state index in [1.807, 2.05) is 38.1 Å². The molecule has 0 N–H and O–H groups in total. The number of nitrogens with zero attached hydrogens (tertiary/aromatic N) is 3. The Balaban J connectivity index is 2.15. The number of carbonyl (C=O) groups is 1. The molecule has 2 rings (SSSR count). The van der Waals surface area contributed by atoms with Gasteiger partial charge >= 0.3 is 6.01 Å². The van der Waals surface area contributed by atoms with Gasteiger partial charge in [-0.2, -0.15) is 9.67 Å². The van der Waals surface area contributed by atoms with Gasteiger partial charge in [0.05, 0.1) is 13.2 Å². The lowest BCUT2D eigenvalue weighted by molar-refractivity contribution is 0.0881. The molecule has 0 bridgehead atoms. The van der Waals surface area contributed by atoms with Gasteiger partial charge in [0.15, 0.2) is 5.82 Å². The molecule has 6 heteroatoms. The minimum Gasteiger partial charge on any atom is -0.497 e. The van der Waals surface area contributed by atoms with Crippen molar-refractivity contribution >= 4 is 5.91 Å². The van der Waals surface area contributed by atoms with Crippen molar-refractivity contribution in [1.82, 2.24) is 14.8 Å². The monoisotopic (exact) mass is 373 g/mol. The fraction of sp³-hybridized carbons (Fsp3) is 0.571. The van der Waals surface area contributed by atoms with Gasteiger partial charge in [0.2, 0.25) is 5.91 Å². The van der Waals surface area contributed by atoms with E-state index in [1.165, 1.54) is 30.4 Å². The minimum absolute atomic E-state index is 0.0607. The van der Waals surface area contributed by atoms with Crippen LogP contribution in [-0.4, -0.2) is 33.9 Å². The first-order valence-electron chi connectivity index (χ1n) is 9.86. The zero-order valence-corrected chi connectivity index (χ0v) is 16.9. The molecule has 1 heterocycles. The van der Waals surface area contributed by atoms with Crippen LogP contribution in [0, 0.1) is 0 Å². The Morgan fingerprint density at radius 3 is 2.59 bits per heavy atom. The van der Waals surface area contributed by atoms with E-state index in [9.17, 15) is 4.79 Å². The minimum atomic E-state index is -0.0623. The van der Waals surface area contributed by atoms with Gasteiger partial charge in [-0.15, -0.1) is 5.10 Å². The van der Waals surface area contributed by atoms with Crippen LogP contribution in [0.2, 0.25) is 0 Å². The molecular formula is C21H31N3O3. The molecule has 1 aromatic heterocycles. The van der Waals surface area contributed by atoms with E-state index in [2.05, 4.69) is 17.0 Å². The molecule has 0 unspecified atom stereocenters. The first kappa shape index (κ1) is 20.9. The molecule has 1 aromatic carbocycles. The van der Waals surface area contributed by atoms with Crippen molar-refractivity contribution < 1.29 is 14.3 Å². The predicted octanol–water partition coefficient (Wildman–Crippen LogP) is 5.13. The average Bonchev–Trinajstić information content (AvgIpc) is 3.07. The molecule has 6 nitrogen and oxygen atoms in total. The number of hydrogen-bond acceptors (Lipinski definition) is 5. The maximum Gasteiger partial charge on any atom is 0.336 e. The van der Waals surface area contributed by atoms with Crippen molar-refractivity contribution in [2.45, 2.75) is 71.8 Å². The quantitative estimate of drug-likeness (QED) is 0.511. The summed E-state index contributed by atoms with van der Waals surface area (Å²) in [5.74, 6) is 1.13. The molecule has 0 atom stereocenters. The zero-order valence-electron chi connectivity index (χ0n) is 16.9. The highest BCUT2D eigenvalue weighted by atomic mass is 16.5. The standard InChI is InChI=1S/C21H31N3O3/c1-5-6-7-8-9-10-14-19(25)24-20(22-21(23-24)27-16(2)3)17-12-11-13-18(15-17)26-4/h11-13,15-16H,5-10,14H2,1-4H3. The normalized spacial score (nSPS) is 11.0. The number of aromatic nitrogens is 3. The maximum atomic E-state index is 12.8. The lowest BCUT2D eigenvalue weighted by Gasteiger charge is -2.06. The highest BCUT2D eigenvalue weighted by Gasteiger charge is 2.19. The third-order valence-corrected chi connectivity index (χ3v) is 4.24. The lowest BCUT2D eigenvalue weighted by atomic mass is 10.1. The van der Waals surface area contributed by atoms with Crippen LogP contribution in [0.5, 0.6) is 11.8 Å². The summed E-state index contributed by atoms with van der Waals surface area (Å²) in [7, 11) is 1.61. The Labute approximate surface area is 161 Å². The van der Waals surface area contributed by atoms with Crippen molar-refractivity contribution in [1.29, 1.82) is 0 Å². The van der Waals surface area contributed by atoms with Gasteiger partial charge in [-0.1, -0.05) is 51.2 Å². The van der Waals surface area contributed by atoms with Crippen molar-refractivity contribution in [3.63, 3.8) is 0 Å². The van der Waals surface area contributed by atoms with E-state index >= 15 is 0 Å². The van der Waals surface area contributed by atoms with Gasteiger partial charge in [-0.3, -0.25) is 4.79 Å². The number of rotatable bonds is 11. The summed E-state index contributed by atoms with van der Waals surface area (Å²) in [5, 5.41) is 4.30. The Morgan fingerprint density at radius 1 is 1.15 bits per heavy atom. The first-order chi connectivity index (χ1) is 13.0. The van der Waals surface area contributed by atoms with Gasteiger partial charge in [0.25, 0.3) is 0 Å². The van der Waals surface area contributed by atoms with Gasteiger partial charge in [-0.25, -0.2) is 0 Å². The fourth-order valence-electron chi connectivity index (χ4n) is 2.84. The second kappa shape index (κ2) is 10.7. The molecule has 0 spiro atoms. The molecule has 0 radical (unpaired) electrons. The number of ether oxygens (including phenoxy) is 2. The summed E-state index contributed by atoms with van der Waals surface area (Å²) in [6.07, 6.45) is 7.19. The van der Waals surface area contributed by atoms with Crippen LogP contribution in [0.4, 0.5) is 0 Å². The lowest BCUT2D eigenvalue weighted by Crippen LogP contribution is -2.14. The predicted molar refractivity (Wildman–Crippen MR) is 106 cm³/mol. The number of hydrogen-bond donors (Lipinski definition) is 0. The summed E-state index contributed by atoms with van der Waals surface area (Å²) in [4.78, 5) is 17.2. The van der Waals surface area contributed by atoms with E-state index in [1.54, 1.807) is 7.11 Å². The van der Waals surface area contributed by atoms with E-state index < -0.39 is 0 Å².